The minimum atomic E-state index is -1.04. The molecule has 130 valence electrons. The monoisotopic (exact) mass is 330 g/mol. The molecule has 1 aliphatic rings. The summed E-state index contributed by atoms with van der Waals surface area (Å²) in [5.74, 6) is 0.433. The molecule has 1 N–H and O–H groups in total. The predicted molar refractivity (Wildman–Crippen MR) is 93.5 cm³/mol. The lowest BCUT2D eigenvalue weighted by molar-refractivity contribution is 0.0691. The number of unbranched alkanes of at least 4 members (excludes halogenated alkanes) is 1. The Labute approximate surface area is 142 Å². The molecule has 2 aromatic heterocycles. The second-order valence-corrected chi connectivity index (χ2v) is 6.82. The molecule has 5 nitrogen and oxygen atoms in total. The number of furan rings is 1. The molecule has 3 heterocycles. The maximum Gasteiger partial charge on any atom is 0.358 e. The van der Waals surface area contributed by atoms with Crippen LogP contribution in [0.15, 0.2) is 16.7 Å². The summed E-state index contributed by atoms with van der Waals surface area (Å²) in [6.45, 7) is 7.71. The van der Waals surface area contributed by atoms with Gasteiger partial charge in [0, 0.05) is 17.1 Å². The van der Waals surface area contributed by atoms with Gasteiger partial charge in [0.2, 0.25) is 0 Å². The highest BCUT2D eigenvalue weighted by Gasteiger charge is 2.24. The van der Waals surface area contributed by atoms with E-state index in [4.69, 9.17) is 4.42 Å². The molecule has 0 aromatic carbocycles. The fourth-order valence-electron chi connectivity index (χ4n) is 3.68. The third kappa shape index (κ3) is 3.46. The predicted octanol–water partition coefficient (Wildman–Crippen LogP) is 3.89. The van der Waals surface area contributed by atoms with Crippen molar-refractivity contribution in [2.75, 3.05) is 19.6 Å². The third-order valence-corrected chi connectivity index (χ3v) is 5.14. The highest BCUT2D eigenvalue weighted by atomic mass is 16.4. The molecule has 1 aliphatic heterocycles. The Morgan fingerprint density at radius 2 is 2.17 bits per heavy atom. The Morgan fingerprint density at radius 1 is 1.42 bits per heavy atom. The van der Waals surface area contributed by atoms with Gasteiger partial charge in [0.15, 0.2) is 11.3 Å². The van der Waals surface area contributed by atoms with Gasteiger partial charge >= 0.3 is 5.97 Å². The summed E-state index contributed by atoms with van der Waals surface area (Å²) in [6.07, 6.45) is 7.46. The molecular weight excluding hydrogens is 304 g/mol. The number of rotatable bonds is 6. The molecule has 5 heteroatoms. The molecule has 0 aliphatic carbocycles. The van der Waals surface area contributed by atoms with Crippen LogP contribution < -0.4 is 0 Å². The number of piperidine rings is 1. The normalized spacial score (nSPS) is 16.8. The van der Waals surface area contributed by atoms with Crippen LogP contribution in [0.1, 0.15) is 54.4 Å². The number of carbonyl (C=O) groups is 1. The molecule has 3 rings (SSSR count). The topological polar surface area (TPSA) is 66.6 Å². The Hall–Kier alpha value is -1.88. The standard InChI is InChI=1S/C19H26N2O3/c1-3-4-9-21-10-6-14(7-11-21)12-16-13(2)24-18-15(16)5-8-20-17(18)19(22)23/h5,8,14H,3-4,6-7,9-12H2,1-2H3,(H,22,23). The van der Waals surface area contributed by atoms with Gasteiger partial charge in [-0.3, -0.25) is 0 Å². The fraction of sp³-hybridized carbons (Fsp3) is 0.579. The van der Waals surface area contributed by atoms with Crippen LogP contribution in [0.2, 0.25) is 0 Å². The van der Waals surface area contributed by atoms with E-state index in [1.807, 2.05) is 13.0 Å². The lowest BCUT2D eigenvalue weighted by atomic mass is 9.89. The van der Waals surface area contributed by atoms with Gasteiger partial charge in [0.1, 0.15) is 5.76 Å². The molecule has 0 atom stereocenters. The molecule has 1 saturated heterocycles. The zero-order valence-electron chi connectivity index (χ0n) is 14.5. The van der Waals surface area contributed by atoms with Crippen LogP contribution in [0.25, 0.3) is 11.0 Å². The summed E-state index contributed by atoms with van der Waals surface area (Å²) >= 11 is 0. The molecule has 0 radical (unpaired) electrons. The van der Waals surface area contributed by atoms with Crippen molar-refractivity contribution < 1.29 is 14.3 Å². The van der Waals surface area contributed by atoms with Crippen LogP contribution in [-0.4, -0.2) is 40.6 Å². The number of aromatic carboxylic acids is 1. The molecule has 24 heavy (non-hydrogen) atoms. The van der Waals surface area contributed by atoms with E-state index in [-0.39, 0.29) is 5.69 Å². The lowest BCUT2D eigenvalue weighted by Crippen LogP contribution is -2.35. The quantitative estimate of drug-likeness (QED) is 0.870. The van der Waals surface area contributed by atoms with Crippen molar-refractivity contribution in [3.63, 3.8) is 0 Å². The Balaban J connectivity index is 1.73. The molecule has 0 spiro atoms. The van der Waals surface area contributed by atoms with Gasteiger partial charge in [-0.25, -0.2) is 9.78 Å². The maximum absolute atomic E-state index is 11.3. The van der Waals surface area contributed by atoms with Crippen LogP contribution in [-0.2, 0) is 6.42 Å². The van der Waals surface area contributed by atoms with Crippen molar-refractivity contribution in [2.45, 2.75) is 46.0 Å². The number of pyridine rings is 1. The van der Waals surface area contributed by atoms with Gasteiger partial charge in [-0.2, -0.15) is 0 Å². The number of carboxylic acids is 1. The summed E-state index contributed by atoms with van der Waals surface area (Å²) in [7, 11) is 0. The third-order valence-electron chi connectivity index (χ3n) is 5.14. The first kappa shape index (κ1) is 17.0. The second kappa shape index (κ2) is 7.34. The fourth-order valence-corrected chi connectivity index (χ4v) is 3.68. The van der Waals surface area contributed by atoms with E-state index in [0.717, 1.165) is 23.1 Å². The van der Waals surface area contributed by atoms with Crippen molar-refractivity contribution >= 4 is 16.9 Å². The number of hydrogen-bond acceptors (Lipinski definition) is 4. The summed E-state index contributed by atoms with van der Waals surface area (Å²) in [4.78, 5) is 17.8. The minimum absolute atomic E-state index is 0.0104. The average molecular weight is 330 g/mol. The summed E-state index contributed by atoms with van der Waals surface area (Å²) in [5.41, 5.74) is 1.58. The van der Waals surface area contributed by atoms with E-state index in [1.54, 1.807) is 6.20 Å². The largest absolute Gasteiger partial charge is 0.476 e. The van der Waals surface area contributed by atoms with Gasteiger partial charge in [-0.1, -0.05) is 13.3 Å². The van der Waals surface area contributed by atoms with E-state index in [2.05, 4.69) is 16.8 Å². The number of nitrogens with zero attached hydrogens (tertiary/aromatic N) is 2. The molecular formula is C19H26N2O3. The first-order valence-corrected chi connectivity index (χ1v) is 8.92. The SMILES string of the molecule is CCCCN1CCC(Cc2c(C)oc3c(C(=O)O)nccc23)CC1. The van der Waals surface area contributed by atoms with Crippen molar-refractivity contribution in [1.82, 2.24) is 9.88 Å². The Kier molecular flexibility index (Phi) is 5.19. The number of aromatic nitrogens is 1. The number of fused-ring (bicyclic) bond motifs is 1. The smallest absolute Gasteiger partial charge is 0.358 e. The van der Waals surface area contributed by atoms with E-state index in [9.17, 15) is 9.90 Å². The van der Waals surface area contributed by atoms with Gasteiger partial charge < -0.3 is 14.4 Å². The van der Waals surface area contributed by atoms with Crippen molar-refractivity contribution in [1.29, 1.82) is 0 Å². The molecule has 0 saturated carbocycles. The molecule has 0 amide bonds. The van der Waals surface area contributed by atoms with Gasteiger partial charge in [0.05, 0.1) is 0 Å². The summed E-state index contributed by atoms with van der Waals surface area (Å²) in [5, 5.41) is 10.2. The van der Waals surface area contributed by atoms with Gasteiger partial charge in [-0.05, 0) is 64.2 Å². The van der Waals surface area contributed by atoms with Crippen LogP contribution in [0, 0.1) is 12.8 Å². The number of carboxylic acid groups (broad SMARTS) is 1. The first-order chi connectivity index (χ1) is 11.6. The van der Waals surface area contributed by atoms with Gasteiger partial charge in [-0.15, -0.1) is 0 Å². The molecule has 2 aromatic rings. The van der Waals surface area contributed by atoms with Crippen LogP contribution >= 0.6 is 0 Å². The van der Waals surface area contributed by atoms with Crippen LogP contribution in [0.4, 0.5) is 0 Å². The van der Waals surface area contributed by atoms with Gasteiger partial charge in [0.25, 0.3) is 0 Å². The average Bonchev–Trinajstić information content (AvgIpc) is 2.89. The summed E-state index contributed by atoms with van der Waals surface area (Å²) in [6, 6.07) is 1.88. The number of hydrogen-bond donors (Lipinski definition) is 1. The van der Waals surface area contributed by atoms with E-state index >= 15 is 0 Å². The van der Waals surface area contributed by atoms with E-state index in [0.29, 0.717) is 11.5 Å². The Bertz CT molecular complexity index is 715. The zero-order chi connectivity index (χ0) is 17.1. The number of likely N-dealkylation sites (tertiary alicyclic amines) is 1. The second-order valence-electron chi connectivity index (χ2n) is 6.82. The molecule has 0 bridgehead atoms. The number of aryl methyl sites for hydroxylation is 1. The molecule has 1 fully saturated rings. The maximum atomic E-state index is 11.3. The van der Waals surface area contributed by atoms with E-state index in [1.165, 1.54) is 45.3 Å². The zero-order valence-corrected chi connectivity index (χ0v) is 14.5. The Morgan fingerprint density at radius 3 is 2.83 bits per heavy atom. The lowest BCUT2D eigenvalue weighted by Gasteiger charge is -2.31. The summed E-state index contributed by atoms with van der Waals surface area (Å²) < 4.78 is 5.75. The van der Waals surface area contributed by atoms with Crippen molar-refractivity contribution in [2.24, 2.45) is 5.92 Å². The van der Waals surface area contributed by atoms with Crippen molar-refractivity contribution in [3.05, 3.63) is 29.3 Å². The van der Waals surface area contributed by atoms with Crippen LogP contribution in [0.5, 0.6) is 0 Å². The van der Waals surface area contributed by atoms with E-state index < -0.39 is 5.97 Å². The van der Waals surface area contributed by atoms with Crippen LogP contribution in [0.3, 0.4) is 0 Å². The highest BCUT2D eigenvalue weighted by Crippen LogP contribution is 2.31. The minimum Gasteiger partial charge on any atom is -0.476 e. The highest BCUT2D eigenvalue weighted by molar-refractivity contribution is 6.00. The first-order valence-electron chi connectivity index (χ1n) is 8.92. The molecule has 0 unspecified atom stereocenters. The van der Waals surface area contributed by atoms with Crippen molar-refractivity contribution in [3.8, 4) is 0 Å².